The summed E-state index contributed by atoms with van der Waals surface area (Å²) in [5.41, 5.74) is 1.37. The predicted molar refractivity (Wildman–Crippen MR) is 71.6 cm³/mol. The number of nitrogens with zero attached hydrogens (tertiary/aromatic N) is 1. The van der Waals surface area contributed by atoms with Gasteiger partial charge in [0.05, 0.1) is 18.2 Å². The molecule has 100 valence electrons. The van der Waals surface area contributed by atoms with Gasteiger partial charge in [-0.05, 0) is 31.0 Å². The number of Topliss-reactive ketones (excluding diaryl/α,β-unsaturated/α-hetero) is 1. The normalized spacial score (nSPS) is 22.5. The Kier molecular flexibility index (Phi) is 2.81. The monoisotopic (exact) mass is 259 g/mol. The maximum absolute atomic E-state index is 12.1. The van der Waals surface area contributed by atoms with Crippen LogP contribution in [0.25, 0.3) is 0 Å². The van der Waals surface area contributed by atoms with Crippen molar-refractivity contribution in [2.45, 2.75) is 19.8 Å². The Balaban J connectivity index is 1.99. The van der Waals surface area contributed by atoms with Crippen LogP contribution in [0, 0.1) is 11.8 Å². The SMILES string of the molecule is CC1COc2ccc(C(=O)C3CC3)cc2N(C)C1=O. The molecule has 0 saturated heterocycles. The van der Waals surface area contributed by atoms with E-state index in [1.165, 1.54) is 0 Å². The van der Waals surface area contributed by atoms with Crippen LogP contribution >= 0.6 is 0 Å². The number of carbonyl (C=O) groups excluding carboxylic acids is 2. The molecular formula is C15H17NO3. The first-order chi connectivity index (χ1) is 9.08. The summed E-state index contributed by atoms with van der Waals surface area (Å²) in [6.07, 6.45) is 1.97. The predicted octanol–water partition coefficient (Wildman–Crippen LogP) is 2.27. The van der Waals surface area contributed by atoms with E-state index in [2.05, 4.69) is 0 Å². The number of carbonyl (C=O) groups is 2. The van der Waals surface area contributed by atoms with Crippen LogP contribution < -0.4 is 9.64 Å². The van der Waals surface area contributed by atoms with Gasteiger partial charge in [0.2, 0.25) is 5.91 Å². The fourth-order valence-corrected chi connectivity index (χ4v) is 2.37. The number of ether oxygens (including phenoxy) is 1. The minimum Gasteiger partial charge on any atom is -0.491 e. The summed E-state index contributed by atoms with van der Waals surface area (Å²) in [4.78, 5) is 25.8. The van der Waals surface area contributed by atoms with Gasteiger partial charge in [0, 0.05) is 18.5 Å². The maximum Gasteiger partial charge on any atom is 0.233 e. The van der Waals surface area contributed by atoms with Crippen LogP contribution in [0.3, 0.4) is 0 Å². The molecule has 1 atom stereocenters. The maximum atomic E-state index is 12.1. The van der Waals surface area contributed by atoms with Crippen molar-refractivity contribution in [3.05, 3.63) is 23.8 Å². The van der Waals surface area contributed by atoms with E-state index in [0.717, 1.165) is 12.8 Å². The van der Waals surface area contributed by atoms with Crippen LogP contribution in [0.2, 0.25) is 0 Å². The Morgan fingerprint density at radius 1 is 1.37 bits per heavy atom. The molecule has 0 aromatic heterocycles. The first-order valence-corrected chi connectivity index (χ1v) is 6.66. The Morgan fingerprint density at radius 2 is 2.11 bits per heavy atom. The van der Waals surface area contributed by atoms with Crippen molar-refractivity contribution in [3.8, 4) is 5.75 Å². The van der Waals surface area contributed by atoms with Crippen LogP contribution in [0.1, 0.15) is 30.1 Å². The highest BCUT2D eigenvalue weighted by Crippen LogP contribution is 2.37. The van der Waals surface area contributed by atoms with Gasteiger partial charge in [0.1, 0.15) is 5.75 Å². The Hall–Kier alpha value is -1.84. The summed E-state index contributed by atoms with van der Waals surface area (Å²) < 4.78 is 5.64. The van der Waals surface area contributed by atoms with Gasteiger partial charge in [-0.15, -0.1) is 0 Å². The molecule has 4 heteroatoms. The van der Waals surface area contributed by atoms with Crippen molar-refractivity contribution in [1.82, 2.24) is 0 Å². The molecule has 3 rings (SSSR count). The minimum absolute atomic E-state index is 0.0229. The van der Waals surface area contributed by atoms with Gasteiger partial charge in [0.15, 0.2) is 5.78 Å². The zero-order valence-corrected chi connectivity index (χ0v) is 11.2. The number of hydrogen-bond donors (Lipinski definition) is 0. The highest BCUT2D eigenvalue weighted by atomic mass is 16.5. The van der Waals surface area contributed by atoms with E-state index in [9.17, 15) is 9.59 Å². The molecule has 1 aromatic carbocycles. The summed E-state index contributed by atoms with van der Waals surface area (Å²) >= 11 is 0. The third kappa shape index (κ3) is 2.11. The lowest BCUT2D eigenvalue weighted by molar-refractivity contribution is -0.122. The molecule has 1 aliphatic carbocycles. The van der Waals surface area contributed by atoms with Crippen LogP contribution in [-0.4, -0.2) is 25.3 Å². The van der Waals surface area contributed by atoms with Gasteiger partial charge < -0.3 is 9.64 Å². The van der Waals surface area contributed by atoms with Gasteiger partial charge in [0.25, 0.3) is 0 Å². The Morgan fingerprint density at radius 3 is 2.79 bits per heavy atom. The third-order valence-electron chi connectivity index (χ3n) is 3.79. The molecule has 0 N–H and O–H groups in total. The molecule has 1 amide bonds. The van der Waals surface area contributed by atoms with Crippen molar-refractivity contribution in [3.63, 3.8) is 0 Å². The lowest BCUT2D eigenvalue weighted by Gasteiger charge is -2.18. The number of fused-ring (bicyclic) bond motifs is 1. The summed E-state index contributed by atoms with van der Waals surface area (Å²) in [5.74, 6) is 0.896. The number of hydrogen-bond acceptors (Lipinski definition) is 3. The Labute approximate surface area is 112 Å². The fraction of sp³-hybridized carbons (Fsp3) is 0.467. The first kappa shape index (κ1) is 12.2. The molecule has 1 heterocycles. The van der Waals surface area contributed by atoms with E-state index in [1.807, 2.05) is 6.92 Å². The summed E-state index contributed by atoms with van der Waals surface area (Å²) in [6, 6.07) is 5.38. The van der Waals surface area contributed by atoms with E-state index in [-0.39, 0.29) is 23.5 Å². The standard InChI is InChI=1S/C15H17NO3/c1-9-8-19-13-6-5-11(14(17)10-3-4-10)7-12(13)16(2)15(9)18/h5-7,9-10H,3-4,8H2,1-2H3. The highest BCUT2D eigenvalue weighted by molar-refractivity contribution is 6.02. The third-order valence-corrected chi connectivity index (χ3v) is 3.79. The zero-order valence-electron chi connectivity index (χ0n) is 11.2. The van der Waals surface area contributed by atoms with Gasteiger partial charge in [-0.3, -0.25) is 9.59 Å². The molecule has 0 radical (unpaired) electrons. The van der Waals surface area contributed by atoms with Crippen LogP contribution in [0.4, 0.5) is 5.69 Å². The lowest BCUT2D eigenvalue weighted by Crippen LogP contribution is -2.31. The lowest BCUT2D eigenvalue weighted by atomic mass is 10.1. The second-order valence-electron chi connectivity index (χ2n) is 5.43. The molecule has 19 heavy (non-hydrogen) atoms. The second-order valence-corrected chi connectivity index (χ2v) is 5.43. The van der Waals surface area contributed by atoms with Gasteiger partial charge in [-0.2, -0.15) is 0 Å². The fourth-order valence-electron chi connectivity index (χ4n) is 2.37. The summed E-state index contributed by atoms with van der Waals surface area (Å²) in [6.45, 7) is 2.23. The van der Waals surface area contributed by atoms with Gasteiger partial charge >= 0.3 is 0 Å². The van der Waals surface area contributed by atoms with Gasteiger partial charge in [-0.1, -0.05) is 6.92 Å². The van der Waals surface area contributed by atoms with Crippen LogP contribution in [0.5, 0.6) is 5.75 Å². The van der Waals surface area contributed by atoms with E-state index in [0.29, 0.717) is 23.6 Å². The van der Waals surface area contributed by atoms with E-state index in [1.54, 1.807) is 30.1 Å². The smallest absolute Gasteiger partial charge is 0.233 e. The van der Waals surface area contributed by atoms with Crippen molar-refractivity contribution >= 4 is 17.4 Å². The second kappa shape index (κ2) is 4.37. The number of benzene rings is 1. The minimum atomic E-state index is -0.167. The molecule has 2 aliphatic rings. The number of ketones is 1. The highest BCUT2D eigenvalue weighted by Gasteiger charge is 2.32. The van der Waals surface area contributed by atoms with Crippen molar-refractivity contribution in [1.29, 1.82) is 0 Å². The van der Waals surface area contributed by atoms with Crippen molar-refractivity contribution < 1.29 is 14.3 Å². The molecule has 1 saturated carbocycles. The van der Waals surface area contributed by atoms with Gasteiger partial charge in [-0.25, -0.2) is 0 Å². The molecule has 4 nitrogen and oxygen atoms in total. The summed E-state index contributed by atoms with van der Waals surface area (Å²) in [7, 11) is 1.73. The topological polar surface area (TPSA) is 46.6 Å². The molecule has 1 unspecified atom stereocenters. The molecule has 1 aromatic rings. The molecular weight excluding hydrogens is 242 g/mol. The quantitative estimate of drug-likeness (QED) is 0.765. The average molecular weight is 259 g/mol. The van der Waals surface area contributed by atoms with E-state index >= 15 is 0 Å². The number of anilines is 1. The number of rotatable bonds is 2. The van der Waals surface area contributed by atoms with Crippen molar-refractivity contribution in [2.75, 3.05) is 18.6 Å². The molecule has 1 aliphatic heterocycles. The molecule has 1 fully saturated rings. The largest absolute Gasteiger partial charge is 0.491 e. The molecule has 0 bridgehead atoms. The van der Waals surface area contributed by atoms with Crippen LogP contribution in [-0.2, 0) is 4.79 Å². The zero-order chi connectivity index (χ0) is 13.6. The first-order valence-electron chi connectivity index (χ1n) is 6.66. The number of amides is 1. The Bertz CT molecular complexity index is 548. The average Bonchev–Trinajstić information content (AvgIpc) is 3.26. The van der Waals surface area contributed by atoms with Crippen LogP contribution in [0.15, 0.2) is 18.2 Å². The van der Waals surface area contributed by atoms with E-state index in [4.69, 9.17) is 4.74 Å². The van der Waals surface area contributed by atoms with E-state index < -0.39 is 0 Å². The van der Waals surface area contributed by atoms with Crippen molar-refractivity contribution in [2.24, 2.45) is 11.8 Å². The molecule has 0 spiro atoms. The summed E-state index contributed by atoms with van der Waals surface area (Å²) in [5, 5.41) is 0.